The first-order valence-electron chi connectivity index (χ1n) is 7.63. The van der Waals surface area contributed by atoms with E-state index in [9.17, 15) is 24.3 Å². The molecule has 10 nitrogen and oxygen atoms in total. The van der Waals surface area contributed by atoms with Crippen LogP contribution in [0.5, 0.6) is 0 Å². The molecule has 0 aliphatic carbocycles. The smallest absolute Gasteiger partial charge is 0.325 e. The summed E-state index contributed by atoms with van der Waals surface area (Å²) in [7, 11) is 0. The maximum atomic E-state index is 12.2. The summed E-state index contributed by atoms with van der Waals surface area (Å²) in [5, 5.41) is 25.1. The molecule has 4 atom stereocenters. The molecule has 0 aliphatic rings. The number of hydrogen-bond acceptors (Lipinski definition) is 7. The molecule has 0 saturated carbocycles. The second kappa shape index (κ2) is 11.7. The number of nitrogens with two attached hydrogens (primary N) is 1. The molecule has 25 heavy (non-hydrogen) atoms. The zero-order chi connectivity index (χ0) is 19.6. The Bertz CT molecular complexity index is 488. The monoisotopic (exact) mass is 378 g/mol. The van der Waals surface area contributed by atoms with Crippen molar-refractivity contribution in [1.82, 2.24) is 16.0 Å². The predicted molar refractivity (Wildman–Crippen MR) is 92.8 cm³/mol. The number of rotatable bonds is 11. The molecule has 0 saturated heterocycles. The van der Waals surface area contributed by atoms with Gasteiger partial charge in [-0.2, -0.15) is 11.8 Å². The van der Waals surface area contributed by atoms with Crippen molar-refractivity contribution in [1.29, 1.82) is 0 Å². The van der Waals surface area contributed by atoms with Crippen LogP contribution in [0.2, 0.25) is 0 Å². The number of aliphatic hydroxyl groups is 1. The number of carbonyl (C=O) groups is 4. The normalized spacial score (nSPS) is 15.4. The van der Waals surface area contributed by atoms with Crippen molar-refractivity contribution >= 4 is 35.5 Å². The quantitative estimate of drug-likeness (QED) is 0.232. The molecule has 144 valence electrons. The zero-order valence-corrected chi connectivity index (χ0v) is 15.3. The second-order valence-electron chi connectivity index (χ2n) is 5.44. The van der Waals surface area contributed by atoms with E-state index >= 15 is 0 Å². The summed E-state index contributed by atoms with van der Waals surface area (Å²) in [6.45, 7) is 2.05. The third-order valence-electron chi connectivity index (χ3n) is 3.20. The van der Waals surface area contributed by atoms with E-state index in [1.54, 1.807) is 0 Å². The van der Waals surface area contributed by atoms with Gasteiger partial charge in [0.05, 0.1) is 12.6 Å². The van der Waals surface area contributed by atoms with Crippen molar-refractivity contribution < 1.29 is 29.4 Å². The summed E-state index contributed by atoms with van der Waals surface area (Å²) in [6, 6.07) is -4.25. The number of nitrogens with one attached hydrogen (secondary N) is 3. The summed E-state index contributed by atoms with van der Waals surface area (Å²) in [4.78, 5) is 46.8. The molecule has 0 spiro atoms. The second-order valence-corrected chi connectivity index (χ2v) is 6.43. The Morgan fingerprint density at radius 2 is 1.52 bits per heavy atom. The van der Waals surface area contributed by atoms with Gasteiger partial charge in [-0.25, -0.2) is 0 Å². The average molecular weight is 378 g/mol. The Hall–Kier alpha value is -1.85. The number of carboxylic acid groups (broad SMARTS) is 1. The van der Waals surface area contributed by atoms with Crippen molar-refractivity contribution in [3.63, 3.8) is 0 Å². The van der Waals surface area contributed by atoms with Crippen LogP contribution in [0.3, 0.4) is 0 Å². The molecule has 0 fully saturated rings. The zero-order valence-electron chi connectivity index (χ0n) is 14.4. The SMILES string of the molecule is CSCCC(NC(=O)C(CO)NC(=O)C(C)N)C(=O)NC(C)C(=O)O. The minimum atomic E-state index is -1.26. The number of carbonyl (C=O) groups excluding carboxylic acids is 3. The Morgan fingerprint density at radius 3 is 1.96 bits per heavy atom. The standard InChI is InChI=1S/C14H26N4O6S/c1-7(15)11(20)18-10(6-19)13(22)17-9(4-5-25-3)12(21)16-8(2)14(23)24/h7-10,19H,4-6,15H2,1-3H3,(H,16,21)(H,17,22)(H,18,20)(H,23,24). The summed E-state index contributed by atoms with van der Waals surface area (Å²) in [5.41, 5.74) is 5.39. The minimum Gasteiger partial charge on any atom is -0.480 e. The van der Waals surface area contributed by atoms with Gasteiger partial charge in [0, 0.05) is 0 Å². The van der Waals surface area contributed by atoms with Crippen molar-refractivity contribution in [3.8, 4) is 0 Å². The number of amides is 3. The van der Waals surface area contributed by atoms with Crippen molar-refractivity contribution in [2.24, 2.45) is 5.73 Å². The Labute approximate surface area is 150 Å². The maximum absolute atomic E-state index is 12.2. The highest BCUT2D eigenvalue weighted by Crippen LogP contribution is 2.02. The first-order chi connectivity index (χ1) is 11.6. The van der Waals surface area contributed by atoms with E-state index < -0.39 is 54.5 Å². The lowest BCUT2D eigenvalue weighted by Crippen LogP contribution is -2.57. The van der Waals surface area contributed by atoms with Crippen LogP contribution in [0.25, 0.3) is 0 Å². The molecule has 7 N–H and O–H groups in total. The maximum Gasteiger partial charge on any atom is 0.325 e. The highest BCUT2D eigenvalue weighted by atomic mass is 32.2. The fourth-order valence-electron chi connectivity index (χ4n) is 1.65. The van der Waals surface area contributed by atoms with Crippen LogP contribution in [0.4, 0.5) is 0 Å². The molecule has 0 bridgehead atoms. The lowest BCUT2D eigenvalue weighted by Gasteiger charge is -2.23. The van der Waals surface area contributed by atoms with Gasteiger partial charge in [-0.1, -0.05) is 0 Å². The van der Waals surface area contributed by atoms with E-state index in [2.05, 4.69) is 16.0 Å². The molecule has 3 amide bonds. The van der Waals surface area contributed by atoms with E-state index in [1.807, 2.05) is 6.26 Å². The molecule has 0 heterocycles. The van der Waals surface area contributed by atoms with Crippen LogP contribution in [0.1, 0.15) is 20.3 Å². The lowest BCUT2D eigenvalue weighted by molar-refractivity contribution is -0.141. The van der Waals surface area contributed by atoms with Crippen molar-refractivity contribution in [3.05, 3.63) is 0 Å². The molecule has 0 aromatic rings. The van der Waals surface area contributed by atoms with Gasteiger partial charge < -0.3 is 31.9 Å². The average Bonchev–Trinajstić information content (AvgIpc) is 2.55. The largest absolute Gasteiger partial charge is 0.480 e. The highest BCUT2D eigenvalue weighted by Gasteiger charge is 2.28. The Morgan fingerprint density at radius 1 is 1.00 bits per heavy atom. The highest BCUT2D eigenvalue weighted by molar-refractivity contribution is 7.98. The molecule has 0 aromatic heterocycles. The molecule has 4 unspecified atom stereocenters. The molecule has 0 aliphatic heterocycles. The molecule has 0 radical (unpaired) electrons. The molecule has 0 rings (SSSR count). The van der Waals surface area contributed by atoms with Crippen LogP contribution in [0, 0.1) is 0 Å². The van der Waals surface area contributed by atoms with Gasteiger partial charge in [-0.15, -0.1) is 0 Å². The number of aliphatic carboxylic acids is 1. The van der Waals surface area contributed by atoms with Gasteiger partial charge >= 0.3 is 5.97 Å². The van der Waals surface area contributed by atoms with Crippen LogP contribution < -0.4 is 21.7 Å². The van der Waals surface area contributed by atoms with Crippen molar-refractivity contribution in [2.75, 3.05) is 18.6 Å². The van der Waals surface area contributed by atoms with Crippen LogP contribution in [-0.2, 0) is 19.2 Å². The number of carboxylic acids is 1. The fourth-order valence-corrected chi connectivity index (χ4v) is 2.12. The first kappa shape index (κ1) is 23.1. The van der Waals surface area contributed by atoms with Gasteiger partial charge in [-0.05, 0) is 32.3 Å². The lowest BCUT2D eigenvalue weighted by atomic mass is 10.1. The molecule has 0 aromatic carbocycles. The summed E-state index contributed by atoms with van der Waals surface area (Å²) in [5.74, 6) is -2.72. The third-order valence-corrected chi connectivity index (χ3v) is 3.85. The van der Waals surface area contributed by atoms with Crippen LogP contribution >= 0.6 is 11.8 Å². The Balaban J connectivity index is 4.97. The van der Waals surface area contributed by atoms with Gasteiger partial charge in [0.15, 0.2) is 0 Å². The molecular formula is C14H26N4O6S. The third kappa shape index (κ3) is 8.70. The van der Waals surface area contributed by atoms with E-state index in [4.69, 9.17) is 10.8 Å². The number of thioether (sulfide) groups is 1. The first-order valence-corrected chi connectivity index (χ1v) is 9.02. The molecular weight excluding hydrogens is 352 g/mol. The van der Waals surface area contributed by atoms with E-state index in [-0.39, 0.29) is 6.42 Å². The predicted octanol–water partition coefficient (Wildman–Crippen LogP) is -2.36. The van der Waals surface area contributed by atoms with Gasteiger partial charge in [0.25, 0.3) is 0 Å². The van der Waals surface area contributed by atoms with E-state index in [0.29, 0.717) is 5.75 Å². The topological polar surface area (TPSA) is 171 Å². The number of hydrogen-bond donors (Lipinski definition) is 6. The summed E-state index contributed by atoms with van der Waals surface area (Å²) >= 11 is 1.45. The van der Waals surface area contributed by atoms with Gasteiger partial charge in [0.2, 0.25) is 17.7 Å². The number of aliphatic hydroxyl groups excluding tert-OH is 1. The Kier molecular flexibility index (Phi) is 10.8. The summed E-state index contributed by atoms with van der Waals surface area (Å²) in [6.07, 6.45) is 2.07. The minimum absolute atomic E-state index is 0.254. The van der Waals surface area contributed by atoms with E-state index in [0.717, 1.165) is 0 Å². The van der Waals surface area contributed by atoms with Crippen molar-refractivity contribution in [2.45, 2.75) is 44.4 Å². The van der Waals surface area contributed by atoms with Crippen LogP contribution in [-0.4, -0.2) is 76.7 Å². The van der Waals surface area contributed by atoms with Crippen LogP contribution in [0.15, 0.2) is 0 Å². The molecule has 11 heteroatoms. The fraction of sp³-hybridized carbons (Fsp3) is 0.714. The van der Waals surface area contributed by atoms with Gasteiger partial charge in [-0.3, -0.25) is 19.2 Å². The van der Waals surface area contributed by atoms with Gasteiger partial charge in [0.1, 0.15) is 18.1 Å². The summed E-state index contributed by atoms with van der Waals surface area (Å²) < 4.78 is 0. The van der Waals surface area contributed by atoms with E-state index in [1.165, 1.54) is 25.6 Å².